The predicted molar refractivity (Wildman–Crippen MR) is 108 cm³/mol. The maximum atomic E-state index is 12.1. The molecule has 2 aromatic rings. The van der Waals surface area contributed by atoms with Crippen molar-refractivity contribution in [2.45, 2.75) is 39.7 Å². The van der Waals surface area contributed by atoms with Crippen molar-refractivity contribution >= 4 is 17.5 Å². The lowest BCUT2D eigenvalue weighted by Gasteiger charge is -2.15. The van der Waals surface area contributed by atoms with E-state index in [1.54, 1.807) is 11.9 Å². The maximum Gasteiger partial charge on any atom is 0.224 e. The van der Waals surface area contributed by atoms with E-state index in [4.69, 9.17) is 4.74 Å². The second-order valence-electron chi connectivity index (χ2n) is 6.75. The number of nitrogens with one attached hydrogen (secondary N) is 1. The van der Waals surface area contributed by atoms with Crippen LogP contribution in [-0.2, 0) is 16.1 Å². The molecule has 0 radical (unpaired) electrons. The Kier molecular flexibility index (Phi) is 7.86. The maximum absolute atomic E-state index is 12.1. The minimum absolute atomic E-state index is 0.0114. The number of ether oxygens (including phenoxy) is 1. The monoisotopic (exact) mass is 368 g/mol. The fourth-order valence-electron chi connectivity index (χ4n) is 2.64. The normalized spacial score (nSPS) is 10.3. The first-order valence-electron chi connectivity index (χ1n) is 9.24. The summed E-state index contributed by atoms with van der Waals surface area (Å²) < 4.78 is 5.70. The van der Waals surface area contributed by atoms with Crippen LogP contribution in [0.2, 0.25) is 0 Å². The lowest BCUT2D eigenvalue weighted by atomic mass is 10.1. The minimum Gasteiger partial charge on any atom is -0.494 e. The summed E-state index contributed by atoms with van der Waals surface area (Å²) in [6.07, 6.45) is 2.05. The van der Waals surface area contributed by atoms with Crippen LogP contribution >= 0.6 is 0 Å². The Morgan fingerprint density at radius 3 is 2.59 bits per heavy atom. The predicted octanol–water partition coefficient (Wildman–Crippen LogP) is 4.16. The van der Waals surface area contributed by atoms with Crippen LogP contribution in [0.1, 0.15) is 37.3 Å². The summed E-state index contributed by atoms with van der Waals surface area (Å²) in [5.74, 6) is 0.867. The fraction of sp³-hybridized carbons (Fsp3) is 0.364. The molecule has 0 saturated carbocycles. The van der Waals surface area contributed by atoms with Crippen molar-refractivity contribution in [1.82, 2.24) is 4.90 Å². The quantitative estimate of drug-likeness (QED) is 0.676. The molecule has 0 aliphatic carbocycles. The number of hydrogen-bond acceptors (Lipinski definition) is 3. The number of carbonyl (C=O) groups excluding carboxylic acids is 2. The first-order chi connectivity index (χ1) is 12.9. The van der Waals surface area contributed by atoms with Gasteiger partial charge in [-0.3, -0.25) is 9.59 Å². The lowest BCUT2D eigenvalue weighted by Crippen LogP contribution is -2.23. The van der Waals surface area contributed by atoms with Gasteiger partial charge in [-0.15, -0.1) is 0 Å². The highest BCUT2D eigenvalue weighted by atomic mass is 16.5. The molecular formula is C22H28N2O3. The lowest BCUT2D eigenvalue weighted by molar-refractivity contribution is -0.128. The smallest absolute Gasteiger partial charge is 0.224 e. The van der Waals surface area contributed by atoms with Gasteiger partial charge in [-0.05, 0) is 55.2 Å². The van der Waals surface area contributed by atoms with E-state index in [-0.39, 0.29) is 11.8 Å². The number of hydrogen-bond donors (Lipinski definition) is 1. The molecule has 0 aliphatic heterocycles. The van der Waals surface area contributed by atoms with Crippen molar-refractivity contribution in [2.75, 3.05) is 19.0 Å². The molecule has 0 saturated heterocycles. The van der Waals surface area contributed by atoms with Crippen LogP contribution in [0.5, 0.6) is 5.75 Å². The number of benzene rings is 2. The van der Waals surface area contributed by atoms with Gasteiger partial charge >= 0.3 is 0 Å². The molecule has 5 nitrogen and oxygen atoms in total. The van der Waals surface area contributed by atoms with Crippen LogP contribution in [0.15, 0.2) is 48.5 Å². The van der Waals surface area contributed by atoms with E-state index in [1.165, 1.54) is 12.5 Å². The zero-order valence-electron chi connectivity index (χ0n) is 16.3. The van der Waals surface area contributed by atoms with Crippen molar-refractivity contribution in [1.29, 1.82) is 0 Å². The molecule has 27 heavy (non-hydrogen) atoms. The summed E-state index contributed by atoms with van der Waals surface area (Å²) in [5, 5.41) is 2.92. The zero-order valence-corrected chi connectivity index (χ0v) is 16.3. The third-order valence-corrected chi connectivity index (χ3v) is 4.22. The van der Waals surface area contributed by atoms with Gasteiger partial charge in [0.25, 0.3) is 0 Å². The average molecular weight is 368 g/mol. The van der Waals surface area contributed by atoms with E-state index in [0.29, 0.717) is 19.6 Å². The van der Waals surface area contributed by atoms with E-state index >= 15 is 0 Å². The number of anilines is 1. The molecule has 0 heterocycles. The Hall–Kier alpha value is -2.82. The van der Waals surface area contributed by atoms with Gasteiger partial charge in [0.15, 0.2) is 0 Å². The molecule has 0 spiro atoms. The van der Waals surface area contributed by atoms with Crippen LogP contribution in [0.3, 0.4) is 0 Å². The first-order valence-corrected chi connectivity index (χ1v) is 9.24. The molecule has 0 aliphatic rings. The molecule has 2 rings (SSSR count). The van der Waals surface area contributed by atoms with Crippen molar-refractivity contribution in [2.24, 2.45) is 0 Å². The molecule has 2 aromatic carbocycles. The third-order valence-electron chi connectivity index (χ3n) is 4.22. The number of carbonyl (C=O) groups is 2. The standard InChI is InChI=1S/C22H28N2O3/c1-17-8-6-11-21(14-17)27-13-5-4-12-22(26)23-20-10-7-9-19(15-20)16-24(3)18(2)25/h6-11,14-15H,4-5,12-13,16H2,1-3H3,(H,23,26). The van der Waals surface area contributed by atoms with Crippen LogP contribution in [0.25, 0.3) is 0 Å². The van der Waals surface area contributed by atoms with Gasteiger partial charge in [0.1, 0.15) is 5.75 Å². The number of unbranched alkanes of at least 4 members (excludes halogenated alkanes) is 1. The van der Waals surface area contributed by atoms with Crippen LogP contribution in [-0.4, -0.2) is 30.4 Å². The second kappa shape index (κ2) is 10.4. The highest BCUT2D eigenvalue weighted by Gasteiger charge is 2.06. The third kappa shape index (κ3) is 7.52. The van der Waals surface area contributed by atoms with Crippen molar-refractivity contribution < 1.29 is 14.3 Å². The number of amides is 2. The first kappa shape index (κ1) is 20.5. The van der Waals surface area contributed by atoms with Gasteiger partial charge < -0.3 is 15.0 Å². The summed E-state index contributed by atoms with van der Waals surface area (Å²) in [6.45, 7) is 4.69. The largest absolute Gasteiger partial charge is 0.494 e. The van der Waals surface area contributed by atoms with E-state index < -0.39 is 0 Å². The molecule has 0 bridgehead atoms. The molecule has 5 heteroatoms. The second-order valence-corrected chi connectivity index (χ2v) is 6.75. The minimum atomic E-state index is -0.0115. The van der Waals surface area contributed by atoms with Gasteiger partial charge in [-0.1, -0.05) is 24.3 Å². The summed E-state index contributed by atoms with van der Waals surface area (Å²) in [7, 11) is 1.76. The molecule has 144 valence electrons. The SMILES string of the molecule is CC(=O)N(C)Cc1cccc(NC(=O)CCCCOc2cccc(C)c2)c1. The Bertz CT molecular complexity index is 774. The van der Waals surface area contributed by atoms with E-state index in [9.17, 15) is 9.59 Å². The Labute approximate surface area is 161 Å². The Balaban J connectivity index is 1.70. The van der Waals surface area contributed by atoms with Crippen LogP contribution < -0.4 is 10.1 Å². The summed E-state index contributed by atoms with van der Waals surface area (Å²) >= 11 is 0. The van der Waals surface area contributed by atoms with E-state index in [1.807, 2.05) is 55.5 Å². The molecular weight excluding hydrogens is 340 g/mol. The number of rotatable bonds is 9. The molecule has 0 unspecified atom stereocenters. The molecule has 0 fully saturated rings. The summed E-state index contributed by atoms with van der Waals surface area (Å²) in [5.41, 5.74) is 2.91. The Morgan fingerprint density at radius 1 is 1.07 bits per heavy atom. The van der Waals surface area contributed by atoms with Gasteiger partial charge in [-0.25, -0.2) is 0 Å². The van der Waals surface area contributed by atoms with Gasteiger partial charge in [0.2, 0.25) is 11.8 Å². The molecule has 1 N–H and O–H groups in total. The Morgan fingerprint density at radius 2 is 1.85 bits per heavy atom. The van der Waals surface area contributed by atoms with Crippen molar-refractivity contribution in [3.05, 3.63) is 59.7 Å². The highest BCUT2D eigenvalue weighted by Crippen LogP contribution is 2.14. The zero-order chi connectivity index (χ0) is 19.6. The van der Waals surface area contributed by atoms with Crippen LogP contribution in [0.4, 0.5) is 5.69 Å². The molecule has 0 atom stereocenters. The van der Waals surface area contributed by atoms with E-state index in [0.717, 1.165) is 29.8 Å². The van der Waals surface area contributed by atoms with E-state index in [2.05, 4.69) is 5.32 Å². The summed E-state index contributed by atoms with van der Waals surface area (Å²) in [6, 6.07) is 15.5. The number of nitrogens with zero attached hydrogens (tertiary/aromatic N) is 1. The van der Waals surface area contributed by atoms with Crippen molar-refractivity contribution in [3.8, 4) is 5.75 Å². The average Bonchev–Trinajstić information content (AvgIpc) is 2.61. The van der Waals surface area contributed by atoms with Crippen molar-refractivity contribution in [3.63, 3.8) is 0 Å². The van der Waals surface area contributed by atoms with Gasteiger partial charge in [0.05, 0.1) is 6.61 Å². The topological polar surface area (TPSA) is 58.6 Å². The van der Waals surface area contributed by atoms with Gasteiger partial charge in [0, 0.05) is 32.6 Å². The highest BCUT2D eigenvalue weighted by molar-refractivity contribution is 5.90. The molecule has 0 aromatic heterocycles. The fourth-order valence-corrected chi connectivity index (χ4v) is 2.64. The van der Waals surface area contributed by atoms with Gasteiger partial charge in [-0.2, -0.15) is 0 Å². The summed E-state index contributed by atoms with van der Waals surface area (Å²) in [4.78, 5) is 25.1. The number of aryl methyl sites for hydroxylation is 1. The van der Waals surface area contributed by atoms with Crippen LogP contribution in [0, 0.1) is 6.92 Å². The molecule has 2 amide bonds.